The molecule has 1 fully saturated rings. The van der Waals surface area contributed by atoms with E-state index in [1.807, 2.05) is 5.32 Å². The Morgan fingerprint density at radius 1 is 1.09 bits per heavy atom. The minimum absolute atomic E-state index is 0.0996. The number of hydrogen-bond acceptors (Lipinski definition) is 8. The van der Waals surface area contributed by atoms with Gasteiger partial charge in [-0.25, -0.2) is 14.2 Å². The van der Waals surface area contributed by atoms with Gasteiger partial charge in [-0.15, -0.1) is 0 Å². The number of pyridine rings is 1. The van der Waals surface area contributed by atoms with Crippen LogP contribution in [-0.2, 0) is 15.9 Å². The maximum Gasteiger partial charge on any atom is 0.419 e. The number of methoxy groups -OCH3 is 2. The van der Waals surface area contributed by atoms with Crippen molar-refractivity contribution in [2.45, 2.75) is 43.2 Å². The van der Waals surface area contributed by atoms with Gasteiger partial charge in [0.15, 0.2) is 17.2 Å². The van der Waals surface area contributed by atoms with Crippen molar-refractivity contribution in [1.29, 1.82) is 0 Å². The zero-order valence-electron chi connectivity index (χ0n) is 23.9. The van der Waals surface area contributed by atoms with E-state index < -0.39 is 53.8 Å². The average molecular weight is 620 g/mol. The van der Waals surface area contributed by atoms with Gasteiger partial charge in [0.25, 0.3) is 5.91 Å². The molecule has 2 aromatic carbocycles. The Morgan fingerprint density at radius 3 is 2.41 bits per heavy atom. The molecule has 1 aliphatic heterocycles. The third-order valence-electron chi connectivity index (χ3n) is 7.36. The summed E-state index contributed by atoms with van der Waals surface area (Å²) >= 11 is 0. The second-order valence-electron chi connectivity index (χ2n) is 10.7. The minimum atomic E-state index is -5.08. The molecule has 3 N–H and O–H groups in total. The van der Waals surface area contributed by atoms with Crippen LogP contribution in [0.25, 0.3) is 11.3 Å². The normalized spacial score (nSPS) is 18.8. The molecule has 0 spiro atoms. The third-order valence-corrected chi connectivity index (χ3v) is 7.36. The first-order valence-corrected chi connectivity index (χ1v) is 13.5. The predicted octanol–water partition coefficient (Wildman–Crippen LogP) is 4.58. The summed E-state index contributed by atoms with van der Waals surface area (Å²) in [6.07, 6.45) is -4.50. The number of hydrogen-bond donors (Lipinski definition) is 3. The van der Waals surface area contributed by atoms with Crippen LogP contribution in [-0.4, -0.2) is 61.7 Å². The van der Waals surface area contributed by atoms with Crippen molar-refractivity contribution >= 4 is 12.0 Å². The fraction of sp³-hybridized carbons (Fsp3) is 0.367. The van der Waals surface area contributed by atoms with Crippen molar-refractivity contribution in [1.82, 2.24) is 15.6 Å². The van der Waals surface area contributed by atoms with Crippen LogP contribution in [0.1, 0.15) is 41.4 Å². The molecular formula is C30H29F4N3O7. The van der Waals surface area contributed by atoms with Gasteiger partial charge in [-0.3, -0.25) is 4.79 Å². The summed E-state index contributed by atoms with van der Waals surface area (Å²) in [6.45, 7) is -0.280. The first kappa shape index (κ1) is 30.9. The highest BCUT2D eigenvalue weighted by Crippen LogP contribution is 2.51. The number of ether oxygens (including phenoxy) is 4. The number of alkyl halides is 3. The van der Waals surface area contributed by atoms with E-state index in [2.05, 4.69) is 15.0 Å². The van der Waals surface area contributed by atoms with Crippen LogP contribution < -0.4 is 24.8 Å². The Morgan fingerprint density at radius 2 is 1.80 bits per heavy atom. The molecule has 0 saturated heterocycles. The Bertz CT molecular complexity index is 1580. The highest BCUT2D eigenvalue weighted by Gasteiger charge is 2.63. The highest BCUT2D eigenvalue weighted by molar-refractivity contribution is 5.95. The smallest absolute Gasteiger partial charge is 0.419 e. The van der Waals surface area contributed by atoms with Crippen LogP contribution in [0.5, 0.6) is 17.2 Å². The van der Waals surface area contributed by atoms with Crippen LogP contribution in [0.2, 0.25) is 0 Å². The summed E-state index contributed by atoms with van der Waals surface area (Å²) in [5.74, 6) is -0.721. The van der Waals surface area contributed by atoms with Crippen LogP contribution in [0.15, 0.2) is 48.5 Å². The standard InChI is InChI=1S/C30H29F4N3O7/c1-28(40,14-35-26(38)17-6-11-21(22(12-17)41-2)44-19-9-10-19)23-13-20-25(24(36-23)16-4-7-18(31)8-5-16)43-15-29(20,30(32,33)34)37-27(39)42-3/h4-8,11-13,19,40H,9-10,14-15H2,1-3H3,(H,35,38)(H,37,39)/t28?,29-/m0/s1. The molecule has 5 rings (SSSR count). The summed E-state index contributed by atoms with van der Waals surface area (Å²) in [6, 6.07) is 10.3. The Hall–Kier alpha value is -4.59. The summed E-state index contributed by atoms with van der Waals surface area (Å²) in [5, 5.41) is 15.9. The molecule has 1 unspecified atom stereocenters. The molecule has 2 heterocycles. The van der Waals surface area contributed by atoms with Crippen LogP contribution in [0, 0.1) is 5.82 Å². The minimum Gasteiger partial charge on any atom is -0.493 e. The number of aromatic nitrogens is 1. The van der Waals surface area contributed by atoms with Crippen molar-refractivity contribution in [3.05, 3.63) is 71.2 Å². The van der Waals surface area contributed by atoms with Crippen molar-refractivity contribution in [2.75, 3.05) is 27.4 Å². The number of rotatable bonds is 9. The number of fused-ring (bicyclic) bond motifs is 1. The van der Waals surface area contributed by atoms with Gasteiger partial charge in [-0.1, -0.05) is 0 Å². The fourth-order valence-electron chi connectivity index (χ4n) is 4.68. The van der Waals surface area contributed by atoms with Gasteiger partial charge in [0.05, 0.1) is 32.6 Å². The van der Waals surface area contributed by atoms with Crippen LogP contribution in [0.4, 0.5) is 22.4 Å². The highest BCUT2D eigenvalue weighted by atomic mass is 19.4. The van der Waals surface area contributed by atoms with E-state index in [4.69, 9.17) is 14.2 Å². The second kappa shape index (κ2) is 11.5. The summed E-state index contributed by atoms with van der Waals surface area (Å²) in [4.78, 5) is 29.5. The molecule has 3 aromatic rings. The lowest BCUT2D eigenvalue weighted by Gasteiger charge is -2.32. The van der Waals surface area contributed by atoms with Crippen LogP contribution >= 0.6 is 0 Å². The number of aliphatic hydroxyl groups is 1. The molecule has 10 nitrogen and oxygen atoms in total. The molecule has 44 heavy (non-hydrogen) atoms. The zero-order chi connectivity index (χ0) is 31.9. The van der Waals surface area contributed by atoms with Crippen molar-refractivity contribution in [2.24, 2.45) is 0 Å². The molecule has 0 bridgehead atoms. The molecule has 2 aliphatic rings. The summed E-state index contributed by atoms with van der Waals surface area (Å²) < 4.78 is 78.7. The average Bonchev–Trinajstić information content (AvgIpc) is 3.73. The molecule has 2 atom stereocenters. The van der Waals surface area contributed by atoms with E-state index in [1.54, 1.807) is 6.07 Å². The van der Waals surface area contributed by atoms with Crippen molar-refractivity contribution in [3.63, 3.8) is 0 Å². The van der Waals surface area contributed by atoms with Gasteiger partial charge >= 0.3 is 12.3 Å². The maximum atomic E-state index is 14.7. The molecule has 2 amide bonds. The monoisotopic (exact) mass is 619 g/mol. The maximum absolute atomic E-state index is 14.7. The van der Waals surface area contributed by atoms with Gasteiger partial charge in [0.1, 0.15) is 23.7 Å². The van der Waals surface area contributed by atoms with Gasteiger partial charge < -0.3 is 34.7 Å². The van der Waals surface area contributed by atoms with Gasteiger partial charge in [-0.05, 0) is 68.3 Å². The number of halogens is 4. The van der Waals surface area contributed by atoms with Crippen LogP contribution in [0.3, 0.4) is 0 Å². The number of benzene rings is 2. The molecule has 1 saturated carbocycles. The van der Waals surface area contributed by atoms with E-state index in [0.717, 1.165) is 38.2 Å². The van der Waals surface area contributed by atoms with E-state index >= 15 is 0 Å². The predicted molar refractivity (Wildman–Crippen MR) is 147 cm³/mol. The third kappa shape index (κ3) is 5.94. The number of carbonyl (C=O) groups is 2. The summed E-state index contributed by atoms with van der Waals surface area (Å²) in [5.41, 5.74) is -5.72. The SMILES string of the molecule is COC(=O)N[C@@]1(C(F)(F)F)COc2c1cc(C(C)(O)CNC(=O)c1ccc(OC3CC3)c(OC)c1)nc2-c1ccc(F)cc1. The molecule has 0 radical (unpaired) electrons. The van der Waals surface area contributed by atoms with Gasteiger partial charge in [0, 0.05) is 16.7 Å². The molecular weight excluding hydrogens is 590 g/mol. The molecule has 234 valence electrons. The first-order valence-electron chi connectivity index (χ1n) is 13.5. The topological polar surface area (TPSA) is 128 Å². The molecule has 1 aromatic heterocycles. The Balaban J connectivity index is 1.50. The number of nitrogens with one attached hydrogen (secondary N) is 2. The van der Waals surface area contributed by atoms with E-state index in [0.29, 0.717) is 11.5 Å². The van der Waals surface area contributed by atoms with Crippen molar-refractivity contribution in [3.8, 4) is 28.5 Å². The largest absolute Gasteiger partial charge is 0.493 e. The quantitative estimate of drug-likeness (QED) is 0.297. The van der Waals surface area contributed by atoms with Gasteiger partial charge in [0.2, 0.25) is 5.54 Å². The van der Waals surface area contributed by atoms with E-state index in [9.17, 15) is 32.3 Å². The number of nitrogens with zero attached hydrogens (tertiary/aromatic N) is 1. The zero-order valence-corrected chi connectivity index (χ0v) is 23.9. The number of carbonyl (C=O) groups excluding carboxylic acids is 2. The van der Waals surface area contributed by atoms with Crippen molar-refractivity contribution < 1.29 is 51.2 Å². The lowest BCUT2D eigenvalue weighted by atomic mass is 9.87. The first-order chi connectivity index (χ1) is 20.8. The second-order valence-corrected chi connectivity index (χ2v) is 10.7. The summed E-state index contributed by atoms with van der Waals surface area (Å²) in [7, 11) is 2.34. The van der Waals surface area contributed by atoms with E-state index in [1.165, 1.54) is 38.3 Å². The molecule has 1 aliphatic carbocycles. The fourth-order valence-corrected chi connectivity index (χ4v) is 4.68. The Labute approximate surface area is 249 Å². The van der Waals surface area contributed by atoms with Gasteiger partial charge in [-0.2, -0.15) is 13.2 Å². The molecule has 14 heteroatoms. The lowest BCUT2D eigenvalue weighted by Crippen LogP contribution is -2.57. The number of amides is 2. The number of alkyl carbamates (subject to hydrolysis) is 1. The van der Waals surface area contributed by atoms with E-state index in [-0.39, 0.29) is 34.4 Å². The Kier molecular flexibility index (Phi) is 8.05. The lowest BCUT2D eigenvalue weighted by molar-refractivity contribution is -0.200.